The van der Waals surface area contributed by atoms with E-state index in [1.807, 2.05) is 43.3 Å². The highest BCUT2D eigenvalue weighted by Gasteiger charge is 2.34. The Morgan fingerprint density at radius 2 is 0.882 bits per heavy atom. The molecule has 0 amide bonds. The van der Waals surface area contributed by atoms with E-state index >= 15 is 0 Å². The average molecular weight is 471 g/mol. The van der Waals surface area contributed by atoms with Crippen molar-refractivity contribution in [1.82, 2.24) is 0 Å². The molecule has 0 bridgehead atoms. The highest BCUT2D eigenvalue weighted by atomic mass is 16.6. The van der Waals surface area contributed by atoms with Gasteiger partial charge in [-0.2, -0.15) is 0 Å². The standard InChI is InChI=1S/C18H26O6.C6H6.C4H6/c1-8-18(9-22-15(19)12(2)3,10-23-16(20)13(4)5)11-24-17(21)14(6)7;1-2-4-6-5-3-1;1-3-4-2/h2,4,6,8-11H2,1,3,5,7H3;1-6H;3-4H,1-2H2. The third-order valence-electron chi connectivity index (χ3n) is 4.16. The average Bonchev–Trinajstić information content (AvgIpc) is 2.84. The molecule has 0 fully saturated rings. The molecule has 186 valence electrons. The van der Waals surface area contributed by atoms with E-state index in [0.717, 1.165) is 0 Å². The lowest BCUT2D eigenvalue weighted by Crippen LogP contribution is -2.39. The van der Waals surface area contributed by atoms with Crippen molar-refractivity contribution in [3.63, 3.8) is 0 Å². The molecule has 1 rings (SSSR count). The molecule has 0 N–H and O–H groups in total. The number of carbonyl (C=O) groups excluding carboxylic acids is 3. The second-order valence-electron chi connectivity index (χ2n) is 7.55. The third kappa shape index (κ3) is 16.0. The van der Waals surface area contributed by atoms with Gasteiger partial charge in [-0.3, -0.25) is 0 Å². The number of esters is 3. The highest BCUT2D eigenvalue weighted by molar-refractivity contribution is 5.88. The summed E-state index contributed by atoms with van der Waals surface area (Å²) in [5.74, 6) is -1.69. The van der Waals surface area contributed by atoms with Crippen LogP contribution in [0.2, 0.25) is 0 Å². The summed E-state index contributed by atoms with van der Waals surface area (Å²) in [7, 11) is 0. The molecule has 0 saturated carbocycles. The SMILES string of the molecule is C=C(C)C(=O)OCC(CC)(COC(=O)C(=C)C)COC(=O)C(=C)C.C=CC=C.c1ccccc1. The van der Waals surface area contributed by atoms with Gasteiger partial charge in [0.05, 0.1) is 5.41 Å². The lowest BCUT2D eigenvalue weighted by atomic mass is 9.88. The molecule has 34 heavy (non-hydrogen) atoms. The lowest BCUT2D eigenvalue weighted by molar-refractivity contribution is -0.157. The summed E-state index contributed by atoms with van der Waals surface area (Å²) >= 11 is 0. The third-order valence-corrected chi connectivity index (χ3v) is 4.16. The van der Waals surface area contributed by atoms with Crippen LogP contribution in [-0.2, 0) is 28.6 Å². The maximum absolute atomic E-state index is 11.6. The zero-order valence-electron chi connectivity index (χ0n) is 20.9. The summed E-state index contributed by atoms with van der Waals surface area (Å²) in [6.45, 7) is 23.4. The van der Waals surface area contributed by atoms with Crippen molar-refractivity contribution in [2.45, 2.75) is 34.1 Å². The fourth-order valence-corrected chi connectivity index (χ4v) is 1.84. The summed E-state index contributed by atoms with van der Waals surface area (Å²) in [6, 6.07) is 12.0. The van der Waals surface area contributed by atoms with Gasteiger partial charge in [-0.15, -0.1) is 0 Å². The molecule has 0 saturated heterocycles. The molecule has 0 aliphatic carbocycles. The number of benzene rings is 1. The Morgan fingerprint density at radius 3 is 1.03 bits per heavy atom. The Labute approximate surface area is 204 Å². The molecule has 6 heteroatoms. The minimum absolute atomic E-state index is 0.0812. The smallest absolute Gasteiger partial charge is 0.333 e. The van der Waals surface area contributed by atoms with Gasteiger partial charge in [-0.1, -0.05) is 88.4 Å². The monoisotopic (exact) mass is 470 g/mol. The fourth-order valence-electron chi connectivity index (χ4n) is 1.84. The van der Waals surface area contributed by atoms with Gasteiger partial charge < -0.3 is 14.2 Å². The van der Waals surface area contributed by atoms with Crippen molar-refractivity contribution in [2.24, 2.45) is 5.41 Å². The van der Waals surface area contributed by atoms with Crippen LogP contribution in [0, 0.1) is 5.41 Å². The van der Waals surface area contributed by atoms with E-state index in [1.165, 1.54) is 20.8 Å². The van der Waals surface area contributed by atoms with Crippen LogP contribution in [-0.4, -0.2) is 37.7 Å². The molecule has 0 unspecified atom stereocenters. The molecule has 0 heterocycles. The van der Waals surface area contributed by atoms with E-state index in [0.29, 0.717) is 6.42 Å². The molecule has 1 aromatic carbocycles. The minimum Gasteiger partial charge on any atom is -0.461 e. The van der Waals surface area contributed by atoms with Crippen LogP contribution in [0.25, 0.3) is 0 Å². The first-order chi connectivity index (χ1) is 16.0. The Balaban J connectivity index is 0. The number of allylic oxidation sites excluding steroid dienone is 2. The predicted octanol–water partition coefficient (Wildman–Crippen LogP) is 5.79. The molecule has 0 spiro atoms. The summed E-state index contributed by atoms with van der Waals surface area (Å²) in [6.07, 6.45) is 3.73. The topological polar surface area (TPSA) is 78.9 Å². The Bertz CT molecular complexity index is 729. The molecule has 0 aliphatic rings. The molecule has 0 atom stereocenters. The molecule has 0 radical (unpaired) electrons. The Hall–Kier alpha value is -3.67. The van der Waals surface area contributed by atoms with Gasteiger partial charge in [0.25, 0.3) is 0 Å². The van der Waals surface area contributed by atoms with E-state index in [9.17, 15) is 14.4 Å². The number of ether oxygens (including phenoxy) is 3. The zero-order valence-corrected chi connectivity index (χ0v) is 20.9. The number of hydrogen-bond acceptors (Lipinski definition) is 6. The lowest BCUT2D eigenvalue weighted by Gasteiger charge is -2.31. The summed E-state index contributed by atoms with van der Waals surface area (Å²) in [5, 5.41) is 0. The zero-order chi connectivity index (χ0) is 26.6. The van der Waals surface area contributed by atoms with Crippen molar-refractivity contribution in [3.05, 3.63) is 98.2 Å². The molecule has 0 aromatic heterocycles. The fraction of sp³-hybridized carbons (Fsp3) is 0.321. The van der Waals surface area contributed by atoms with Crippen molar-refractivity contribution in [3.8, 4) is 0 Å². The second-order valence-corrected chi connectivity index (χ2v) is 7.55. The van der Waals surface area contributed by atoms with Crippen molar-refractivity contribution < 1.29 is 28.6 Å². The molecule has 1 aromatic rings. The second kappa shape index (κ2) is 18.9. The van der Waals surface area contributed by atoms with E-state index in [4.69, 9.17) is 14.2 Å². The first-order valence-corrected chi connectivity index (χ1v) is 10.7. The van der Waals surface area contributed by atoms with Gasteiger partial charge >= 0.3 is 17.9 Å². The van der Waals surface area contributed by atoms with Crippen molar-refractivity contribution >= 4 is 17.9 Å². The van der Waals surface area contributed by atoms with Crippen LogP contribution in [0.15, 0.2) is 98.2 Å². The first-order valence-electron chi connectivity index (χ1n) is 10.7. The summed E-state index contributed by atoms with van der Waals surface area (Å²) < 4.78 is 15.5. The van der Waals surface area contributed by atoms with Gasteiger partial charge in [-0.05, 0) is 27.2 Å². The van der Waals surface area contributed by atoms with Crippen LogP contribution < -0.4 is 0 Å². The minimum atomic E-state index is -0.860. The van der Waals surface area contributed by atoms with E-state index in [-0.39, 0.29) is 36.5 Å². The number of carbonyl (C=O) groups is 3. The maximum atomic E-state index is 11.6. The Kier molecular flexibility index (Phi) is 18.0. The van der Waals surface area contributed by atoms with Gasteiger partial charge in [0, 0.05) is 16.7 Å². The molecule has 0 aliphatic heterocycles. The van der Waals surface area contributed by atoms with Gasteiger partial charge in [0.15, 0.2) is 0 Å². The van der Waals surface area contributed by atoms with Crippen LogP contribution >= 0.6 is 0 Å². The van der Waals surface area contributed by atoms with Crippen molar-refractivity contribution in [1.29, 1.82) is 0 Å². The van der Waals surface area contributed by atoms with Gasteiger partial charge in [-0.25, -0.2) is 14.4 Å². The quantitative estimate of drug-likeness (QED) is 0.176. The van der Waals surface area contributed by atoms with Crippen molar-refractivity contribution in [2.75, 3.05) is 19.8 Å². The van der Waals surface area contributed by atoms with Crippen LogP contribution in [0.5, 0.6) is 0 Å². The molecular formula is C28H38O6. The first kappa shape index (κ1) is 32.5. The number of rotatable bonds is 11. The van der Waals surface area contributed by atoms with Crippen LogP contribution in [0.3, 0.4) is 0 Å². The van der Waals surface area contributed by atoms with E-state index in [2.05, 4.69) is 32.9 Å². The van der Waals surface area contributed by atoms with Crippen LogP contribution in [0.1, 0.15) is 34.1 Å². The number of hydrogen-bond donors (Lipinski definition) is 0. The largest absolute Gasteiger partial charge is 0.461 e. The molecule has 6 nitrogen and oxygen atoms in total. The van der Waals surface area contributed by atoms with E-state index < -0.39 is 23.3 Å². The van der Waals surface area contributed by atoms with Gasteiger partial charge in [0.2, 0.25) is 0 Å². The molecular weight excluding hydrogens is 432 g/mol. The highest BCUT2D eigenvalue weighted by Crippen LogP contribution is 2.25. The Morgan fingerprint density at radius 1 is 0.647 bits per heavy atom. The van der Waals surface area contributed by atoms with Gasteiger partial charge in [0.1, 0.15) is 19.8 Å². The predicted molar refractivity (Wildman–Crippen MR) is 137 cm³/mol. The maximum Gasteiger partial charge on any atom is 0.333 e. The summed E-state index contributed by atoms with van der Waals surface area (Å²) in [5.41, 5.74) is -0.116. The van der Waals surface area contributed by atoms with E-state index in [1.54, 1.807) is 12.2 Å². The van der Waals surface area contributed by atoms with Crippen LogP contribution in [0.4, 0.5) is 0 Å². The summed E-state index contributed by atoms with van der Waals surface area (Å²) in [4.78, 5) is 34.9. The normalized spacial score (nSPS) is 9.41.